The van der Waals surface area contributed by atoms with E-state index < -0.39 is 11.8 Å². The molecule has 0 aromatic heterocycles. The van der Waals surface area contributed by atoms with Crippen LogP contribution in [0, 0.1) is 0 Å². The van der Waals surface area contributed by atoms with Gasteiger partial charge in [0.25, 0.3) is 11.8 Å². The van der Waals surface area contributed by atoms with E-state index in [0.29, 0.717) is 63.0 Å². The smallest absolute Gasteiger partial charge is 0.259 e. The number of guanidine groups is 1. The largest absolute Gasteiger partial charge is 0.491 e. The van der Waals surface area contributed by atoms with Gasteiger partial charge in [0.2, 0.25) is 0 Å². The molecule has 0 bridgehead atoms. The molecule has 0 aliphatic carbocycles. The first-order chi connectivity index (χ1) is 26.3. The van der Waals surface area contributed by atoms with Gasteiger partial charge in [-0.2, -0.15) is 0 Å². The molecule has 0 aliphatic rings. The van der Waals surface area contributed by atoms with Crippen LogP contribution in [0.1, 0.15) is 80.3 Å². The highest BCUT2D eigenvalue weighted by Gasteiger charge is 2.27. The number of thioether (sulfide) groups is 2. The van der Waals surface area contributed by atoms with Gasteiger partial charge >= 0.3 is 0 Å². The Bertz CT molecular complexity index is 1780. The zero-order valence-corrected chi connectivity index (χ0v) is 35.1. The van der Waals surface area contributed by atoms with Gasteiger partial charge in [0.15, 0.2) is 5.96 Å². The lowest BCUT2D eigenvalue weighted by Crippen LogP contribution is -2.22. The van der Waals surface area contributed by atoms with Crippen molar-refractivity contribution in [2.45, 2.75) is 69.1 Å². The second-order valence-electron chi connectivity index (χ2n) is 14.8. The molecule has 3 rings (SSSR count). The highest BCUT2D eigenvalue weighted by Crippen LogP contribution is 2.43. The summed E-state index contributed by atoms with van der Waals surface area (Å²) >= 11 is 2.84. The van der Waals surface area contributed by atoms with Crippen molar-refractivity contribution in [2.75, 3.05) is 61.5 Å². The van der Waals surface area contributed by atoms with E-state index in [4.69, 9.17) is 49.6 Å². The summed E-state index contributed by atoms with van der Waals surface area (Å²) in [4.78, 5) is 39.3. The molecule has 0 radical (unpaired) electrons. The fraction of sp³-hybridized carbons (Fsp3) is 0.436. The highest BCUT2D eigenvalue weighted by atomic mass is 32.2. The van der Waals surface area contributed by atoms with E-state index in [1.165, 1.54) is 35.7 Å². The van der Waals surface area contributed by atoms with Crippen molar-refractivity contribution in [1.29, 1.82) is 0 Å². The minimum absolute atomic E-state index is 0.0493. The van der Waals surface area contributed by atoms with Crippen LogP contribution in [0.3, 0.4) is 0 Å². The molecule has 17 heteroatoms. The number of amides is 2. The number of nitrogens with zero attached hydrogens (tertiary/aromatic N) is 2. The predicted molar refractivity (Wildman–Crippen MR) is 234 cm³/mol. The van der Waals surface area contributed by atoms with Crippen LogP contribution < -0.4 is 60.2 Å². The van der Waals surface area contributed by atoms with Crippen LogP contribution in [0.5, 0.6) is 11.5 Å². The van der Waals surface area contributed by atoms with Crippen LogP contribution in [0.15, 0.2) is 56.2 Å². The summed E-state index contributed by atoms with van der Waals surface area (Å²) in [6, 6.07) is 10.6. The summed E-state index contributed by atoms with van der Waals surface area (Å²) in [5, 5.41) is 6.11. The van der Waals surface area contributed by atoms with Crippen molar-refractivity contribution in [2.24, 2.45) is 50.1 Å². The average molecular weight is 810 g/mol. The zero-order valence-electron chi connectivity index (χ0n) is 33.5. The Hall–Kier alpha value is -4.52. The number of ether oxygens (including phenoxy) is 2. The number of amidine groups is 1. The molecular formula is C39H59N11O4S2. The number of hydrogen-bond acceptors (Lipinski definition) is 12. The number of nitrogens with two attached hydrogens (primary N) is 7. The molecule has 0 fully saturated rings. The minimum Gasteiger partial charge on any atom is -0.491 e. The maximum atomic E-state index is 14.5. The molecule has 0 aliphatic heterocycles. The first-order valence-corrected chi connectivity index (χ1v) is 20.2. The number of hydrogen-bond donors (Lipinski definition) is 9. The lowest BCUT2D eigenvalue weighted by Gasteiger charge is -2.24. The van der Waals surface area contributed by atoms with Gasteiger partial charge in [-0.3, -0.25) is 9.59 Å². The maximum Gasteiger partial charge on any atom is 0.259 e. The van der Waals surface area contributed by atoms with Crippen molar-refractivity contribution in [3.05, 3.63) is 58.7 Å². The highest BCUT2D eigenvalue weighted by molar-refractivity contribution is 7.99. The second-order valence-corrected chi connectivity index (χ2v) is 17.0. The van der Waals surface area contributed by atoms with E-state index in [0.717, 1.165) is 11.1 Å². The summed E-state index contributed by atoms with van der Waals surface area (Å²) in [7, 11) is 0. The van der Waals surface area contributed by atoms with Crippen LogP contribution in [-0.4, -0.2) is 74.5 Å². The molecule has 0 atom stereocenters. The van der Waals surface area contributed by atoms with Gasteiger partial charge in [-0.05, 0) is 59.2 Å². The summed E-state index contributed by atoms with van der Waals surface area (Å²) in [6.45, 7) is 15.2. The predicted octanol–water partition coefficient (Wildman–Crippen LogP) is 4.48. The molecule has 3 aromatic rings. The molecule has 0 saturated heterocycles. The van der Waals surface area contributed by atoms with Crippen LogP contribution in [0.4, 0.5) is 22.7 Å². The topological polar surface area (TPSA) is 284 Å². The van der Waals surface area contributed by atoms with E-state index in [2.05, 4.69) is 41.4 Å². The van der Waals surface area contributed by atoms with Gasteiger partial charge in [0.05, 0.1) is 49.5 Å². The summed E-state index contributed by atoms with van der Waals surface area (Å²) < 4.78 is 12.0. The number of rotatable bonds is 18. The number of nitrogens with one attached hydrogen (secondary N) is 2. The molecule has 56 heavy (non-hydrogen) atoms. The third-order valence-corrected chi connectivity index (χ3v) is 10.3. The van der Waals surface area contributed by atoms with E-state index >= 15 is 0 Å². The molecule has 0 spiro atoms. The number of aliphatic imine (C=N–C) groups is 2. The molecule has 15 nitrogen and oxygen atoms in total. The third kappa shape index (κ3) is 12.8. The number of carbonyl (C=O) groups excluding carboxylic acids is 2. The monoisotopic (exact) mass is 809 g/mol. The Morgan fingerprint density at radius 3 is 1.38 bits per heavy atom. The molecule has 0 heterocycles. The van der Waals surface area contributed by atoms with E-state index in [1.807, 2.05) is 45.0 Å². The number of benzene rings is 3. The van der Waals surface area contributed by atoms with Crippen molar-refractivity contribution in [3.8, 4) is 11.5 Å². The first kappa shape index (κ1) is 45.9. The van der Waals surface area contributed by atoms with Gasteiger partial charge in [-0.1, -0.05) is 41.5 Å². The Kier molecular flexibility index (Phi) is 16.9. The van der Waals surface area contributed by atoms with Crippen LogP contribution in [0.2, 0.25) is 0 Å². The van der Waals surface area contributed by atoms with Crippen molar-refractivity contribution in [3.63, 3.8) is 0 Å². The Labute approximate surface area is 338 Å². The molecule has 0 unspecified atom stereocenters. The quantitative estimate of drug-likeness (QED) is 0.0488. The lowest BCUT2D eigenvalue weighted by molar-refractivity contribution is 0.102. The van der Waals surface area contributed by atoms with E-state index in [-0.39, 0.29) is 65.7 Å². The molecule has 0 saturated carbocycles. The molecular weight excluding hydrogens is 751 g/mol. The lowest BCUT2D eigenvalue weighted by atomic mass is 9.86. The van der Waals surface area contributed by atoms with E-state index in [1.54, 1.807) is 6.92 Å². The number of anilines is 2. The third-order valence-electron chi connectivity index (χ3n) is 7.96. The van der Waals surface area contributed by atoms with Crippen molar-refractivity contribution < 1.29 is 19.1 Å². The van der Waals surface area contributed by atoms with Crippen molar-refractivity contribution in [1.82, 2.24) is 0 Å². The van der Waals surface area contributed by atoms with Crippen LogP contribution in [0.25, 0.3) is 0 Å². The fourth-order valence-corrected chi connectivity index (χ4v) is 6.95. The molecule has 3 aromatic carbocycles. The SMILES string of the molecule is CC(N)=Nc1cc(C(C)(C)C)cc(NC(=O)c2cc(C(=O)Nc3cc(C(C)(C)C)cc(N=C(N)N)c3SCCN)c(OCCN)cc2OCCN)c1SCCN. The van der Waals surface area contributed by atoms with Gasteiger partial charge in [-0.25, -0.2) is 9.98 Å². The van der Waals surface area contributed by atoms with Gasteiger partial charge in [0.1, 0.15) is 24.7 Å². The normalized spacial score (nSPS) is 11.9. The molecule has 2 amide bonds. The Balaban J connectivity index is 2.30. The van der Waals surface area contributed by atoms with Crippen LogP contribution in [-0.2, 0) is 10.8 Å². The first-order valence-electron chi connectivity index (χ1n) is 18.2. The summed E-state index contributed by atoms with van der Waals surface area (Å²) in [6.07, 6.45) is 0. The van der Waals surface area contributed by atoms with Gasteiger partial charge in [0, 0.05) is 43.8 Å². The average Bonchev–Trinajstić information content (AvgIpc) is 3.10. The molecule has 306 valence electrons. The zero-order chi connectivity index (χ0) is 41.8. The Morgan fingerprint density at radius 2 is 1.04 bits per heavy atom. The maximum absolute atomic E-state index is 14.5. The van der Waals surface area contributed by atoms with Crippen molar-refractivity contribution >= 4 is 69.9 Å². The minimum atomic E-state index is -0.572. The summed E-state index contributed by atoms with van der Waals surface area (Å²) in [5.74, 6) is 0.461. The van der Waals surface area contributed by atoms with Gasteiger partial charge < -0.3 is 60.2 Å². The summed E-state index contributed by atoms with van der Waals surface area (Å²) in [5.41, 5.74) is 44.4. The fourth-order valence-electron chi connectivity index (χ4n) is 5.27. The number of carbonyl (C=O) groups is 2. The Morgan fingerprint density at radius 1 is 0.625 bits per heavy atom. The van der Waals surface area contributed by atoms with Gasteiger partial charge in [-0.15, -0.1) is 23.5 Å². The molecule has 16 N–H and O–H groups in total. The standard InChI is InChI=1S/C39H59N11O4S2/c1-22(44)47-27-16-23(38(2,3)4)17-28(33(27)55-14-10-42)48-35(51)25-20-26(32(54-13-9-41)21-31(25)53-12-8-40)36(52)49-29-18-24(39(5,6)7)19-30(50-37(45)46)34(29)56-15-11-43/h16-21H,8-15,40-43H2,1-7H3,(H2,44,47)(H,48,51)(H,49,52)(H4,45,46,50). The van der Waals surface area contributed by atoms with Crippen LogP contribution >= 0.6 is 23.5 Å². The van der Waals surface area contributed by atoms with E-state index in [9.17, 15) is 9.59 Å². The second kappa shape index (κ2) is 20.6.